The van der Waals surface area contributed by atoms with Gasteiger partial charge in [-0.3, -0.25) is 0 Å². The van der Waals surface area contributed by atoms with Crippen LogP contribution in [0.4, 0.5) is 4.39 Å². The zero-order chi connectivity index (χ0) is 17.4. The minimum atomic E-state index is -0.366. The Kier molecular flexibility index (Phi) is 4.27. The lowest BCUT2D eigenvalue weighted by Crippen LogP contribution is -2.17. The summed E-state index contributed by atoms with van der Waals surface area (Å²) in [6, 6.07) is 10.5. The van der Waals surface area contributed by atoms with Crippen LogP contribution in [0.2, 0.25) is 5.02 Å². The maximum atomic E-state index is 13.1. The van der Waals surface area contributed by atoms with Crippen LogP contribution in [0.15, 0.2) is 40.9 Å². The van der Waals surface area contributed by atoms with Gasteiger partial charge in [-0.25, -0.2) is 4.39 Å². The summed E-state index contributed by atoms with van der Waals surface area (Å²) in [5, 5.41) is 4.37. The van der Waals surface area contributed by atoms with Crippen molar-refractivity contribution in [2.75, 3.05) is 0 Å². The van der Waals surface area contributed by atoms with Gasteiger partial charge in [0, 0.05) is 23.0 Å². The van der Waals surface area contributed by atoms with E-state index in [1.54, 1.807) is 6.07 Å². The lowest BCUT2D eigenvalue weighted by atomic mass is 9.87. The fourth-order valence-electron chi connectivity index (χ4n) is 3.26. The molecule has 1 aliphatic rings. The summed E-state index contributed by atoms with van der Waals surface area (Å²) in [5.41, 5.74) is 10.3. The van der Waals surface area contributed by atoms with Crippen LogP contribution in [0.1, 0.15) is 41.4 Å². The first kappa shape index (κ1) is 16.2. The van der Waals surface area contributed by atoms with E-state index < -0.39 is 0 Å². The van der Waals surface area contributed by atoms with Crippen LogP contribution in [0, 0.1) is 5.82 Å². The standard InChI is InChI=1S/C19H17ClFN3O/c20-16-10-14(21)6-4-12(16)9-18-23-19(25-24-18)13-5-7-15-11(8-13)2-1-3-17(15)22/h4-8,10,17H,1-3,9,22H2. The average Bonchev–Trinajstić information content (AvgIpc) is 3.06. The number of hydrogen-bond acceptors (Lipinski definition) is 4. The van der Waals surface area contributed by atoms with E-state index in [1.807, 2.05) is 6.07 Å². The second-order valence-electron chi connectivity index (χ2n) is 6.34. The SMILES string of the molecule is NC1CCCc2cc(-c3nc(Cc4ccc(F)cc4Cl)no3)ccc21. The van der Waals surface area contributed by atoms with E-state index in [4.69, 9.17) is 21.9 Å². The van der Waals surface area contributed by atoms with Gasteiger partial charge in [0.2, 0.25) is 0 Å². The Hall–Kier alpha value is -2.24. The second-order valence-corrected chi connectivity index (χ2v) is 6.75. The fraction of sp³-hybridized carbons (Fsp3) is 0.263. The molecule has 1 aliphatic carbocycles. The Labute approximate surface area is 149 Å². The number of benzene rings is 2. The Morgan fingerprint density at radius 3 is 2.96 bits per heavy atom. The van der Waals surface area contributed by atoms with E-state index in [-0.39, 0.29) is 11.9 Å². The Morgan fingerprint density at radius 1 is 1.24 bits per heavy atom. The van der Waals surface area contributed by atoms with Crippen molar-refractivity contribution >= 4 is 11.6 Å². The Bertz CT molecular complexity index is 925. The average molecular weight is 358 g/mol. The zero-order valence-corrected chi connectivity index (χ0v) is 14.3. The van der Waals surface area contributed by atoms with Gasteiger partial charge in [0.1, 0.15) is 5.82 Å². The summed E-state index contributed by atoms with van der Waals surface area (Å²) in [6.45, 7) is 0. The van der Waals surface area contributed by atoms with E-state index >= 15 is 0 Å². The molecule has 0 aliphatic heterocycles. The van der Waals surface area contributed by atoms with Crippen molar-refractivity contribution in [1.82, 2.24) is 10.1 Å². The molecule has 0 bridgehead atoms. The molecule has 0 saturated heterocycles. The number of aryl methyl sites for hydroxylation is 1. The van der Waals surface area contributed by atoms with Crippen molar-refractivity contribution in [2.45, 2.75) is 31.7 Å². The molecule has 1 heterocycles. The predicted molar refractivity (Wildman–Crippen MR) is 93.8 cm³/mol. The molecular formula is C19H17ClFN3O. The maximum absolute atomic E-state index is 13.1. The third-order valence-corrected chi connectivity index (χ3v) is 4.93. The van der Waals surface area contributed by atoms with Crippen molar-refractivity contribution in [1.29, 1.82) is 0 Å². The van der Waals surface area contributed by atoms with Gasteiger partial charge in [-0.2, -0.15) is 4.98 Å². The molecule has 1 atom stereocenters. The molecule has 1 unspecified atom stereocenters. The smallest absolute Gasteiger partial charge is 0.257 e. The largest absolute Gasteiger partial charge is 0.334 e. The minimum Gasteiger partial charge on any atom is -0.334 e. The first-order valence-electron chi connectivity index (χ1n) is 8.25. The Morgan fingerprint density at radius 2 is 2.12 bits per heavy atom. The van der Waals surface area contributed by atoms with Gasteiger partial charge in [-0.15, -0.1) is 0 Å². The molecule has 0 radical (unpaired) electrons. The van der Waals surface area contributed by atoms with E-state index in [2.05, 4.69) is 22.3 Å². The fourth-order valence-corrected chi connectivity index (χ4v) is 3.50. The molecule has 0 amide bonds. The molecule has 0 spiro atoms. The summed E-state index contributed by atoms with van der Waals surface area (Å²) < 4.78 is 18.5. The normalized spacial score (nSPS) is 16.7. The van der Waals surface area contributed by atoms with Crippen LogP contribution in [0.5, 0.6) is 0 Å². The molecule has 2 N–H and O–H groups in total. The highest BCUT2D eigenvalue weighted by Gasteiger charge is 2.19. The highest BCUT2D eigenvalue weighted by atomic mass is 35.5. The first-order valence-corrected chi connectivity index (χ1v) is 8.63. The number of nitrogens with two attached hydrogens (primary N) is 1. The van der Waals surface area contributed by atoms with E-state index in [0.29, 0.717) is 23.2 Å². The molecular weight excluding hydrogens is 341 g/mol. The third-order valence-electron chi connectivity index (χ3n) is 4.58. The van der Waals surface area contributed by atoms with Crippen LogP contribution in [0.25, 0.3) is 11.5 Å². The van der Waals surface area contributed by atoms with Crippen molar-refractivity contribution in [3.8, 4) is 11.5 Å². The molecule has 0 saturated carbocycles. The van der Waals surface area contributed by atoms with Gasteiger partial charge in [-0.05, 0) is 60.2 Å². The molecule has 4 nitrogen and oxygen atoms in total. The lowest BCUT2D eigenvalue weighted by Gasteiger charge is -2.22. The van der Waals surface area contributed by atoms with Gasteiger partial charge in [-0.1, -0.05) is 28.9 Å². The van der Waals surface area contributed by atoms with E-state index in [9.17, 15) is 4.39 Å². The predicted octanol–water partition coefficient (Wildman–Crippen LogP) is 4.46. The summed E-state index contributed by atoms with van der Waals surface area (Å²) in [5.74, 6) is 0.614. The maximum Gasteiger partial charge on any atom is 0.257 e. The first-order chi connectivity index (χ1) is 12.1. The lowest BCUT2D eigenvalue weighted by molar-refractivity contribution is 0.424. The van der Waals surface area contributed by atoms with Crippen LogP contribution in [-0.4, -0.2) is 10.1 Å². The molecule has 4 rings (SSSR count). The van der Waals surface area contributed by atoms with Gasteiger partial charge in [0.05, 0.1) is 0 Å². The third kappa shape index (κ3) is 3.30. The number of fused-ring (bicyclic) bond motifs is 1. The number of halogens is 2. The highest BCUT2D eigenvalue weighted by Crippen LogP contribution is 2.31. The van der Waals surface area contributed by atoms with E-state index in [0.717, 1.165) is 30.4 Å². The van der Waals surface area contributed by atoms with Crippen molar-refractivity contribution in [3.05, 3.63) is 69.8 Å². The number of rotatable bonds is 3. The zero-order valence-electron chi connectivity index (χ0n) is 13.5. The molecule has 0 fully saturated rings. The molecule has 6 heteroatoms. The molecule has 128 valence electrons. The molecule has 1 aromatic heterocycles. The molecule has 2 aromatic carbocycles. The summed E-state index contributed by atoms with van der Waals surface area (Å²) >= 11 is 6.06. The molecule has 25 heavy (non-hydrogen) atoms. The van der Waals surface area contributed by atoms with Crippen molar-refractivity contribution in [2.24, 2.45) is 5.73 Å². The highest BCUT2D eigenvalue weighted by molar-refractivity contribution is 6.31. The summed E-state index contributed by atoms with van der Waals surface area (Å²) in [6.07, 6.45) is 3.52. The Balaban J connectivity index is 1.59. The van der Waals surface area contributed by atoms with Crippen molar-refractivity contribution in [3.63, 3.8) is 0 Å². The van der Waals surface area contributed by atoms with Crippen molar-refractivity contribution < 1.29 is 8.91 Å². The van der Waals surface area contributed by atoms with Gasteiger partial charge in [0.25, 0.3) is 5.89 Å². The van der Waals surface area contributed by atoms with Crippen LogP contribution < -0.4 is 5.73 Å². The van der Waals surface area contributed by atoms with Gasteiger partial charge in [0.15, 0.2) is 5.82 Å². The van der Waals surface area contributed by atoms with Gasteiger partial charge >= 0.3 is 0 Å². The second kappa shape index (κ2) is 6.58. The minimum absolute atomic E-state index is 0.108. The number of nitrogens with zero attached hydrogens (tertiary/aromatic N) is 2. The summed E-state index contributed by atoms with van der Waals surface area (Å²) in [7, 11) is 0. The molecule has 3 aromatic rings. The van der Waals surface area contributed by atoms with Crippen LogP contribution in [-0.2, 0) is 12.8 Å². The van der Waals surface area contributed by atoms with Gasteiger partial charge < -0.3 is 10.3 Å². The van der Waals surface area contributed by atoms with Crippen LogP contribution >= 0.6 is 11.6 Å². The monoisotopic (exact) mass is 357 g/mol. The van der Waals surface area contributed by atoms with E-state index in [1.165, 1.54) is 23.3 Å². The summed E-state index contributed by atoms with van der Waals surface area (Å²) in [4.78, 5) is 4.45. The number of hydrogen-bond donors (Lipinski definition) is 1. The topological polar surface area (TPSA) is 64.9 Å². The number of aromatic nitrogens is 2. The van der Waals surface area contributed by atoms with Crippen LogP contribution in [0.3, 0.4) is 0 Å². The quantitative estimate of drug-likeness (QED) is 0.751.